The average molecular weight is 361 g/mol. The molecule has 0 saturated carbocycles. The maximum absolute atomic E-state index is 11.7. The highest BCUT2D eigenvalue weighted by Crippen LogP contribution is 2.30. The fourth-order valence-corrected chi connectivity index (χ4v) is 3.06. The van der Waals surface area contributed by atoms with Gasteiger partial charge in [0.25, 0.3) is 0 Å². The molecular formula is C19H31N5O2. The molecule has 7 heteroatoms. The number of guanidine groups is 1. The molecule has 1 heterocycles. The number of aliphatic imine (C=N–C) groups is 1. The second-order valence-electron chi connectivity index (χ2n) is 6.72. The van der Waals surface area contributed by atoms with Crippen LogP contribution < -0.4 is 25.6 Å². The number of benzene rings is 1. The smallest absolute Gasteiger partial charge is 0.221 e. The molecule has 0 aromatic heterocycles. The van der Waals surface area contributed by atoms with Gasteiger partial charge in [0.2, 0.25) is 5.91 Å². The summed E-state index contributed by atoms with van der Waals surface area (Å²) in [6, 6.07) is 8.55. The highest BCUT2D eigenvalue weighted by atomic mass is 16.5. The summed E-state index contributed by atoms with van der Waals surface area (Å²) in [4.78, 5) is 18.3. The van der Waals surface area contributed by atoms with Gasteiger partial charge >= 0.3 is 0 Å². The Bertz CT molecular complexity index is 618. The van der Waals surface area contributed by atoms with Crippen LogP contribution in [0.1, 0.15) is 26.7 Å². The Morgan fingerprint density at radius 1 is 1.38 bits per heavy atom. The summed E-state index contributed by atoms with van der Waals surface area (Å²) in [6.07, 6.45) is 1.45. The van der Waals surface area contributed by atoms with E-state index in [9.17, 15) is 4.79 Å². The van der Waals surface area contributed by atoms with Crippen molar-refractivity contribution in [3.63, 3.8) is 0 Å². The van der Waals surface area contributed by atoms with Crippen LogP contribution in [0.5, 0.6) is 5.75 Å². The molecule has 0 bridgehead atoms. The van der Waals surface area contributed by atoms with Crippen molar-refractivity contribution in [3.05, 3.63) is 24.3 Å². The number of amides is 1. The molecule has 1 aliphatic heterocycles. The molecule has 1 fully saturated rings. The lowest BCUT2D eigenvalue weighted by molar-refractivity contribution is -0.121. The van der Waals surface area contributed by atoms with Gasteiger partial charge in [-0.3, -0.25) is 9.79 Å². The first-order valence-corrected chi connectivity index (χ1v) is 9.18. The van der Waals surface area contributed by atoms with Gasteiger partial charge in [-0.05, 0) is 32.4 Å². The zero-order valence-electron chi connectivity index (χ0n) is 16.2. The van der Waals surface area contributed by atoms with Gasteiger partial charge in [0.1, 0.15) is 5.75 Å². The molecule has 1 unspecified atom stereocenters. The molecular weight excluding hydrogens is 330 g/mol. The van der Waals surface area contributed by atoms with Crippen LogP contribution in [0.3, 0.4) is 0 Å². The molecule has 7 nitrogen and oxygen atoms in total. The van der Waals surface area contributed by atoms with Gasteiger partial charge in [-0.1, -0.05) is 12.1 Å². The van der Waals surface area contributed by atoms with Gasteiger partial charge in [-0.2, -0.15) is 0 Å². The van der Waals surface area contributed by atoms with Crippen molar-refractivity contribution in [2.45, 2.75) is 38.8 Å². The fourth-order valence-electron chi connectivity index (χ4n) is 3.06. The Hall–Kier alpha value is -2.44. The molecule has 0 spiro atoms. The van der Waals surface area contributed by atoms with E-state index >= 15 is 0 Å². The van der Waals surface area contributed by atoms with Gasteiger partial charge in [-0.15, -0.1) is 0 Å². The number of nitrogens with one attached hydrogen (secondary N) is 3. The number of hydrogen-bond acceptors (Lipinski definition) is 4. The van der Waals surface area contributed by atoms with Crippen LogP contribution in [0.2, 0.25) is 0 Å². The first-order valence-electron chi connectivity index (χ1n) is 9.18. The van der Waals surface area contributed by atoms with Crippen LogP contribution >= 0.6 is 0 Å². The van der Waals surface area contributed by atoms with Crippen LogP contribution in [0, 0.1) is 0 Å². The first kappa shape index (κ1) is 19.9. The molecule has 26 heavy (non-hydrogen) atoms. The standard InChI is InChI=1S/C19H31N5O2/c1-14(2)22-18(25)9-11-21-19(20-3)23-15-10-12-24(13-15)16-7-5-6-8-17(16)26-4/h5-8,14-15H,9-13H2,1-4H3,(H,22,25)(H2,20,21,23). The van der Waals surface area contributed by atoms with Crippen molar-refractivity contribution in [1.29, 1.82) is 0 Å². The third-order valence-corrected chi connectivity index (χ3v) is 4.27. The normalized spacial score (nSPS) is 17.3. The molecule has 0 radical (unpaired) electrons. The number of nitrogens with zero attached hydrogens (tertiary/aromatic N) is 2. The quantitative estimate of drug-likeness (QED) is 0.505. The summed E-state index contributed by atoms with van der Waals surface area (Å²) >= 11 is 0. The van der Waals surface area contributed by atoms with E-state index in [4.69, 9.17) is 4.74 Å². The Morgan fingerprint density at radius 2 is 2.15 bits per heavy atom. The van der Waals surface area contributed by atoms with E-state index in [1.54, 1.807) is 14.2 Å². The molecule has 3 N–H and O–H groups in total. The lowest BCUT2D eigenvalue weighted by Gasteiger charge is -2.22. The predicted molar refractivity (Wildman–Crippen MR) is 106 cm³/mol. The first-order chi connectivity index (χ1) is 12.5. The zero-order valence-corrected chi connectivity index (χ0v) is 16.2. The van der Waals surface area contributed by atoms with Crippen LogP contribution in [0.15, 0.2) is 29.3 Å². The maximum Gasteiger partial charge on any atom is 0.221 e. The second-order valence-corrected chi connectivity index (χ2v) is 6.72. The molecule has 0 aliphatic carbocycles. The van der Waals surface area contributed by atoms with E-state index in [0.717, 1.165) is 36.9 Å². The second kappa shape index (κ2) is 9.89. The predicted octanol–water partition coefficient (Wildman–Crippen LogP) is 1.35. The lowest BCUT2D eigenvalue weighted by Crippen LogP contribution is -2.45. The summed E-state index contributed by atoms with van der Waals surface area (Å²) in [5, 5.41) is 9.54. The van der Waals surface area contributed by atoms with E-state index in [1.165, 1.54) is 0 Å². The maximum atomic E-state index is 11.7. The number of ether oxygens (including phenoxy) is 1. The third-order valence-electron chi connectivity index (χ3n) is 4.27. The number of hydrogen-bond donors (Lipinski definition) is 3. The van der Waals surface area contributed by atoms with E-state index in [-0.39, 0.29) is 11.9 Å². The Labute approximate surface area is 156 Å². The van der Waals surface area contributed by atoms with Gasteiger partial charge in [0.05, 0.1) is 12.8 Å². The minimum absolute atomic E-state index is 0.0474. The molecule has 1 atom stereocenters. The Morgan fingerprint density at radius 3 is 2.85 bits per heavy atom. The number of para-hydroxylation sites is 2. The van der Waals surface area contributed by atoms with Crippen molar-refractivity contribution in [1.82, 2.24) is 16.0 Å². The lowest BCUT2D eigenvalue weighted by atomic mass is 10.2. The summed E-state index contributed by atoms with van der Waals surface area (Å²) in [5.41, 5.74) is 1.12. The minimum atomic E-state index is 0.0474. The number of methoxy groups -OCH3 is 1. The molecule has 1 aromatic rings. The van der Waals surface area contributed by atoms with Gasteiger partial charge in [0.15, 0.2) is 5.96 Å². The Kier molecular flexibility index (Phi) is 7.56. The number of anilines is 1. The molecule has 2 rings (SSSR count). The van der Waals surface area contributed by atoms with Crippen molar-refractivity contribution in [3.8, 4) is 5.75 Å². The van der Waals surface area contributed by atoms with E-state index in [0.29, 0.717) is 19.0 Å². The summed E-state index contributed by atoms with van der Waals surface area (Å²) in [5.74, 6) is 1.67. The SMILES string of the molecule is CN=C(NCCC(=O)NC(C)C)NC1CCN(c2ccccc2OC)C1. The molecule has 1 amide bonds. The van der Waals surface area contributed by atoms with Crippen LogP contribution in [0.25, 0.3) is 0 Å². The molecule has 1 aliphatic rings. The van der Waals surface area contributed by atoms with Crippen LogP contribution in [-0.4, -0.2) is 57.7 Å². The van der Waals surface area contributed by atoms with Crippen LogP contribution in [-0.2, 0) is 4.79 Å². The topological polar surface area (TPSA) is 78.0 Å². The number of carbonyl (C=O) groups is 1. The number of carbonyl (C=O) groups excluding carboxylic acids is 1. The van der Waals surface area contributed by atoms with E-state index < -0.39 is 0 Å². The zero-order chi connectivity index (χ0) is 18.9. The van der Waals surface area contributed by atoms with Crippen molar-refractivity contribution in [2.75, 3.05) is 38.7 Å². The number of rotatable bonds is 7. The highest BCUT2D eigenvalue weighted by molar-refractivity contribution is 5.81. The summed E-state index contributed by atoms with van der Waals surface area (Å²) < 4.78 is 5.46. The molecule has 1 saturated heterocycles. The van der Waals surface area contributed by atoms with E-state index in [1.807, 2.05) is 32.0 Å². The Balaban J connectivity index is 1.80. The average Bonchev–Trinajstić information content (AvgIpc) is 3.08. The van der Waals surface area contributed by atoms with Gasteiger partial charge in [0, 0.05) is 45.2 Å². The van der Waals surface area contributed by atoms with Crippen LogP contribution in [0.4, 0.5) is 5.69 Å². The largest absolute Gasteiger partial charge is 0.495 e. The monoisotopic (exact) mass is 361 g/mol. The summed E-state index contributed by atoms with van der Waals surface area (Å²) in [7, 11) is 3.45. The summed E-state index contributed by atoms with van der Waals surface area (Å²) in [6.45, 7) is 6.32. The van der Waals surface area contributed by atoms with Gasteiger partial charge in [-0.25, -0.2) is 0 Å². The highest BCUT2D eigenvalue weighted by Gasteiger charge is 2.25. The third kappa shape index (κ3) is 5.82. The van der Waals surface area contributed by atoms with Crippen molar-refractivity contribution < 1.29 is 9.53 Å². The van der Waals surface area contributed by atoms with Crippen molar-refractivity contribution >= 4 is 17.6 Å². The molecule has 144 valence electrons. The van der Waals surface area contributed by atoms with E-state index in [2.05, 4.69) is 31.9 Å². The van der Waals surface area contributed by atoms with Gasteiger partial charge < -0.3 is 25.6 Å². The minimum Gasteiger partial charge on any atom is -0.495 e. The van der Waals surface area contributed by atoms with Crippen molar-refractivity contribution in [2.24, 2.45) is 4.99 Å². The molecule has 1 aromatic carbocycles. The fraction of sp³-hybridized carbons (Fsp3) is 0.579.